The molecule has 1 aliphatic carbocycles. The number of amides is 3. The fourth-order valence-corrected chi connectivity index (χ4v) is 6.37. The molecular formula is C24H25N3O5S. The molecule has 0 saturated carbocycles. The van der Waals surface area contributed by atoms with Crippen LogP contribution in [0, 0.1) is 11.8 Å². The van der Waals surface area contributed by atoms with Crippen molar-refractivity contribution in [3.05, 3.63) is 54.6 Å². The third-order valence-electron chi connectivity index (χ3n) is 6.84. The van der Waals surface area contributed by atoms with Gasteiger partial charge in [0.05, 0.1) is 16.7 Å². The number of carbonyl (C=O) groups is 3. The van der Waals surface area contributed by atoms with Crippen LogP contribution in [0.3, 0.4) is 0 Å². The molecule has 0 N–H and O–H groups in total. The number of rotatable bonds is 4. The van der Waals surface area contributed by atoms with Gasteiger partial charge in [0.25, 0.3) is 0 Å². The van der Waals surface area contributed by atoms with E-state index in [-0.39, 0.29) is 67.2 Å². The lowest BCUT2D eigenvalue weighted by molar-refractivity contribution is -0.147. The second-order valence-electron chi connectivity index (χ2n) is 8.71. The SMILES string of the molecule is O=C(CN1C(=O)C2CC=CCC2C1=O)N1CCN(S(=O)(=O)c2ccc3ccccc3c2)CC1. The van der Waals surface area contributed by atoms with Crippen molar-refractivity contribution in [2.75, 3.05) is 32.7 Å². The minimum atomic E-state index is -3.69. The van der Waals surface area contributed by atoms with Crippen LogP contribution < -0.4 is 0 Å². The lowest BCUT2D eigenvalue weighted by Crippen LogP contribution is -2.53. The number of likely N-dealkylation sites (tertiary alicyclic amines) is 1. The number of hydrogen-bond acceptors (Lipinski definition) is 5. The first-order valence-corrected chi connectivity index (χ1v) is 12.6. The van der Waals surface area contributed by atoms with Gasteiger partial charge in [-0.3, -0.25) is 19.3 Å². The first-order chi connectivity index (χ1) is 15.9. The van der Waals surface area contributed by atoms with Gasteiger partial charge in [-0.25, -0.2) is 8.42 Å². The minimum Gasteiger partial charge on any atom is -0.338 e. The number of fused-ring (bicyclic) bond motifs is 2. The van der Waals surface area contributed by atoms with Crippen LogP contribution in [0.2, 0.25) is 0 Å². The third kappa shape index (κ3) is 3.85. The van der Waals surface area contributed by atoms with Gasteiger partial charge in [0.1, 0.15) is 6.54 Å². The van der Waals surface area contributed by atoms with Crippen LogP contribution in [0.1, 0.15) is 12.8 Å². The average Bonchev–Trinajstić information content (AvgIpc) is 3.08. The Balaban J connectivity index is 1.23. The molecule has 2 heterocycles. The summed E-state index contributed by atoms with van der Waals surface area (Å²) >= 11 is 0. The van der Waals surface area contributed by atoms with Crippen LogP contribution in [0.15, 0.2) is 59.5 Å². The molecule has 2 aromatic carbocycles. The highest BCUT2D eigenvalue weighted by atomic mass is 32.2. The van der Waals surface area contributed by atoms with Crippen molar-refractivity contribution in [3.63, 3.8) is 0 Å². The average molecular weight is 468 g/mol. The van der Waals surface area contributed by atoms with Crippen molar-refractivity contribution in [2.24, 2.45) is 11.8 Å². The predicted octanol–water partition coefficient (Wildman–Crippen LogP) is 1.62. The zero-order valence-corrected chi connectivity index (χ0v) is 18.9. The van der Waals surface area contributed by atoms with Gasteiger partial charge in [0.15, 0.2) is 0 Å². The second-order valence-corrected chi connectivity index (χ2v) is 10.7. The molecule has 5 rings (SSSR count). The molecule has 2 aromatic rings. The summed E-state index contributed by atoms with van der Waals surface area (Å²) < 4.78 is 27.7. The van der Waals surface area contributed by atoms with E-state index in [1.807, 2.05) is 36.4 Å². The molecule has 0 radical (unpaired) electrons. The van der Waals surface area contributed by atoms with Crippen LogP contribution in [0.25, 0.3) is 10.8 Å². The topological polar surface area (TPSA) is 95.1 Å². The van der Waals surface area contributed by atoms with E-state index >= 15 is 0 Å². The van der Waals surface area contributed by atoms with Crippen molar-refractivity contribution >= 4 is 38.5 Å². The molecule has 8 nitrogen and oxygen atoms in total. The first kappa shape index (κ1) is 21.8. The largest absolute Gasteiger partial charge is 0.338 e. The van der Waals surface area contributed by atoms with Crippen LogP contribution >= 0.6 is 0 Å². The van der Waals surface area contributed by atoms with Gasteiger partial charge in [0.2, 0.25) is 27.7 Å². The van der Waals surface area contributed by atoms with Gasteiger partial charge in [0, 0.05) is 26.2 Å². The highest BCUT2D eigenvalue weighted by Crippen LogP contribution is 2.35. The fraction of sp³-hybridized carbons (Fsp3) is 0.375. The zero-order chi connectivity index (χ0) is 23.2. The van der Waals surface area contributed by atoms with Gasteiger partial charge in [-0.05, 0) is 35.7 Å². The minimum absolute atomic E-state index is 0.165. The molecule has 2 unspecified atom stereocenters. The maximum Gasteiger partial charge on any atom is 0.243 e. The van der Waals surface area contributed by atoms with E-state index < -0.39 is 10.0 Å². The van der Waals surface area contributed by atoms with E-state index in [0.717, 1.165) is 15.7 Å². The fourth-order valence-electron chi connectivity index (χ4n) is 4.91. The summed E-state index contributed by atoms with van der Waals surface area (Å²) in [6, 6.07) is 12.6. The van der Waals surface area contributed by atoms with Gasteiger partial charge in [-0.1, -0.05) is 42.5 Å². The quantitative estimate of drug-likeness (QED) is 0.503. The van der Waals surface area contributed by atoms with Gasteiger partial charge >= 0.3 is 0 Å². The molecule has 2 aliphatic heterocycles. The Labute approximate surface area is 192 Å². The van der Waals surface area contributed by atoms with Crippen molar-refractivity contribution < 1.29 is 22.8 Å². The Morgan fingerprint density at radius 3 is 2.09 bits per heavy atom. The van der Waals surface area contributed by atoms with Crippen LogP contribution in [-0.2, 0) is 24.4 Å². The second kappa shape index (κ2) is 8.39. The Morgan fingerprint density at radius 1 is 0.848 bits per heavy atom. The van der Waals surface area contributed by atoms with E-state index in [9.17, 15) is 22.8 Å². The molecule has 2 fully saturated rings. The zero-order valence-electron chi connectivity index (χ0n) is 18.1. The van der Waals surface area contributed by atoms with Gasteiger partial charge < -0.3 is 4.90 Å². The van der Waals surface area contributed by atoms with Crippen molar-refractivity contribution in [1.29, 1.82) is 0 Å². The number of sulfonamides is 1. The predicted molar refractivity (Wildman–Crippen MR) is 121 cm³/mol. The molecule has 2 saturated heterocycles. The highest BCUT2D eigenvalue weighted by molar-refractivity contribution is 7.89. The summed E-state index contributed by atoms with van der Waals surface area (Å²) in [5.41, 5.74) is 0. The molecule has 0 spiro atoms. The van der Waals surface area contributed by atoms with Crippen LogP contribution in [0.5, 0.6) is 0 Å². The number of piperazine rings is 1. The molecule has 33 heavy (non-hydrogen) atoms. The third-order valence-corrected chi connectivity index (χ3v) is 8.74. The van der Waals surface area contributed by atoms with Crippen LogP contribution in [0.4, 0.5) is 0 Å². The summed E-state index contributed by atoms with van der Waals surface area (Å²) in [5.74, 6) is -1.61. The molecule has 9 heteroatoms. The monoisotopic (exact) mass is 467 g/mol. The van der Waals surface area contributed by atoms with E-state index in [1.165, 1.54) is 9.21 Å². The Morgan fingerprint density at radius 2 is 1.45 bits per heavy atom. The number of nitrogens with zero attached hydrogens (tertiary/aromatic N) is 3. The summed E-state index contributed by atoms with van der Waals surface area (Å²) in [6.07, 6.45) is 4.89. The highest BCUT2D eigenvalue weighted by Gasteiger charge is 2.48. The van der Waals surface area contributed by atoms with Gasteiger partial charge in [-0.15, -0.1) is 0 Å². The van der Waals surface area contributed by atoms with Crippen molar-refractivity contribution in [3.8, 4) is 0 Å². The summed E-state index contributed by atoms with van der Waals surface area (Å²) in [7, 11) is -3.69. The lowest BCUT2D eigenvalue weighted by Gasteiger charge is -2.34. The normalized spacial score (nSPS) is 23.9. The molecular weight excluding hydrogens is 442 g/mol. The van der Waals surface area contributed by atoms with Crippen molar-refractivity contribution in [2.45, 2.75) is 17.7 Å². The molecule has 0 bridgehead atoms. The van der Waals surface area contributed by atoms with E-state index in [4.69, 9.17) is 0 Å². The maximum atomic E-state index is 13.1. The standard InChI is InChI=1S/C24H25N3O5S/c28-22(16-27-23(29)20-7-3-4-8-21(20)24(27)30)25-11-13-26(14-12-25)33(31,32)19-10-9-17-5-1-2-6-18(17)15-19/h1-6,9-10,15,20-21H,7-8,11-14,16H2. The Bertz CT molecular complexity index is 1240. The van der Waals surface area contributed by atoms with Crippen LogP contribution in [-0.4, -0.2) is 73.0 Å². The Kier molecular flexibility index (Phi) is 5.54. The number of benzene rings is 2. The van der Waals surface area contributed by atoms with Crippen molar-refractivity contribution in [1.82, 2.24) is 14.1 Å². The number of hydrogen-bond donors (Lipinski definition) is 0. The maximum absolute atomic E-state index is 13.1. The number of carbonyl (C=O) groups excluding carboxylic acids is 3. The van der Waals surface area contributed by atoms with Gasteiger partial charge in [-0.2, -0.15) is 4.31 Å². The summed E-state index contributed by atoms with van der Waals surface area (Å²) in [6.45, 7) is 0.491. The van der Waals surface area contributed by atoms with E-state index in [2.05, 4.69) is 0 Å². The molecule has 0 aromatic heterocycles. The number of imide groups is 1. The van der Waals surface area contributed by atoms with E-state index in [0.29, 0.717) is 12.8 Å². The number of allylic oxidation sites excluding steroid dienone is 2. The molecule has 172 valence electrons. The summed E-state index contributed by atoms with van der Waals surface area (Å²) in [5, 5.41) is 1.82. The lowest BCUT2D eigenvalue weighted by atomic mass is 9.85. The van der Waals surface area contributed by atoms with E-state index in [1.54, 1.807) is 18.2 Å². The summed E-state index contributed by atoms with van der Waals surface area (Å²) in [4.78, 5) is 40.9. The molecule has 3 amide bonds. The molecule has 2 atom stereocenters. The smallest absolute Gasteiger partial charge is 0.243 e. The first-order valence-electron chi connectivity index (χ1n) is 11.1. The molecule has 3 aliphatic rings. The Hall–Kier alpha value is -3.04.